The van der Waals surface area contributed by atoms with Crippen LogP contribution in [-0.2, 0) is 4.79 Å². The van der Waals surface area contributed by atoms with E-state index in [2.05, 4.69) is 34.6 Å². The lowest BCUT2D eigenvalue weighted by atomic mass is 9.80. The third-order valence-electron chi connectivity index (χ3n) is 4.36. The van der Waals surface area contributed by atoms with Crippen LogP contribution in [0.25, 0.3) is 0 Å². The van der Waals surface area contributed by atoms with Crippen molar-refractivity contribution in [3.8, 4) is 0 Å². The molecule has 0 spiro atoms. The van der Waals surface area contributed by atoms with Crippen molar-refractivity contribution in [1.82, 2.24) is 10.3 Å². The van der Waals surface area contributed by atoms with Crippen molar-refractivity contribution in [2.75, 3.05) is 5.75 Å². The van der Waals surface area contributed by atoms with Gasteiger partial charge in [-0.15, -0.1) is 11.8 Å². The molecule has 23 heavy (non-hydrogen) atoms. The second kappa shape index (κ2) is 8.16. The average molecular weight is 326 g/mol. The van der Waals surface area contributed by atoms with Gasteiger partial charge in [0.15, 0.2) is 0 Å². The smallest absolute Gasteiger partial charge is 0.230 e. The summed E-state index contributed by atoms with van der Waals surface area (Å²) in [5, 5.41) is 3.26. The Labute approximate surface area is 141 Å². The van der Waals surface area contributed by atoms with Crippen LogP contribution in [0.3, 0.4) is 0 Å². The first-order chi connectivity index (χ1) is 11.3. The van der Waals surface area contributed by atoms with Crippen LogP contribution in [0.4, 0.5) is 0 Å². The summed E-state index contributed by atoms with van der Waals surface area (Å²) in [4.78, 5) is 17.4. The SMILES string of the molecule is O=C(CSc1ccncc1)N[C@@H]1CCCC[C@H]1c1ccccc1. The molecule has 1 N–H and O–H groups in total. The van der Waals surface area contributed by atoms with Crippen LogP contribution in [0.5, 0.6) is 0 Å². The third kappa shape index (κ3) is 4.58. The molecule has 1 aliphatic carbocycles. The number of thioether (sulfide) groups is 1. The number of hydrogen-bond acceptors (Lipinski definition) is 3. The minimum Gasteiger partial charge on any atom is -0.352 e. The zero-order valence-corrected chi connectivity index (χ0v) is 14.0. The van der Waals surface area contributed by atoms with Gasteiger partial charge in [0.05, 0.1) is 5.75 Å². The first-order valence-electron chi connectivity index (χ1n) is 8.20. The molecule has 0 bridgehead atoms. The zero-order chi connectivity index (χ0) is 15.9. The van der Waals surface area contributed by atoms with Gasteiger partial charge in [0.25, 0.3) is 0 Å². The molecular weight excluding hydrogens is 304 g/mol. The van der Waals surface area contributed by atoms with Crippen molar-refractivity contribution in [3.63, 3.8) is 0 Å². The fourth-order valence-corrected chi connectivity index (χ4v) is 3.93. The molecule has 1 heterocycles. The Hall–Kier alpha value is -1.81. The van der Waals surface area contributed by atoms with E-state index in [9.17, 15) is 4.79 Å². The van der Waals surface area contributed by atoms with E-state index in [-0.39, 0.29) is 11.9 Å². The van der Waals surface area contributed by atoms with E-state index in [4.69, 9.17) is 0 Å². The van der Waals surface area contributed by atoms with Gasteiger partial charge >= 0.3 is 0 Å². The summed E-state index contributed by atoms with van der Waals surface area (Å²) in [5.74, 6) is 1.03. The van der Waals surface area contributed by atoms with E-state index < -0.39 is 0 Å². The van der Waals surface area contributed by atoms with Gasteiger partial charge in [0.1, 0.15) is 0 Å². The summed E-state index contributed by atoms with van der Waals surface area (Å²) in [6, 6.07) is 14.7. The molecule has 0 radical (unpaired) electrons. The maximum Gasteiger partial charge on any atom is 0.230 e. The maximum absolute atomic E-state index is 12.3. The maximum atomic E-state index is 12.3. The lowest BCUT2D eigenvalue weighted by Gasteiger charge is -2.32. The number of benzene rings is 1. The van der Waals surface area contributed by atoms with Gasteiger partial charge in [-0.05, 0) is 30.5 Å². The number of rotatable bonds is 5. The van der Waals surface area contributed by atoms with E-state index in [1.165, 1.54) is 18.4 Å². The molecule has 4 heteroatoms. The molecule has 1 aliphatic rings. The number of pyridine rings is 1. The molecule has 3 nitrogen and oxygen atoms in total. The quantitative estimate of drug-likeness (QED) is 0.844. The van der Waals surface area contributed by atoms with Crippen LogP contribution in [0.2, 0.25) is 0 Å². The number of carbonyl (C=O) groups excluding carboxylic acids is 1. The van der Waals surface area contributed by atoms with E-state index in [1.54, 1.807) is 24.2 Å². The van der Waals surface area contributed by atoms with Gasteiger partial charge in [0, 0.05) is 29.2 Å². The predicted octanol–water partition coefficient (Wildman–Crippen LogP) is 4.02. The lowest BCUT2D eigenvalue weighted by Crippen LogP contribution is -2.41. The molecule has 0 aliphatic heterocycles. The first kappa shape index (κ1) is 16.1. The second-order valence-electron chi connectivity index (χ2n) is 5.95. The van der Waals surface area contributed by atoms with Crippen molar-refractivity contribution in [1.29, 1.82) is 0 Å². The Morgan fingerprint density at radius 1 is 1.09 bits per heavy atom. The normalized spacial score (nSPS) is 20.9. The third-order valence-corrected chi connectivity index (χ3v) is 5.37. The second-order valence-corrected chi connectivity index (χ2v) is 7.00. The topological polar surface area (TPSA) is 42.0 Å². The Kier molecular flexibility index (Phi) is 5.70. The molecule has 3 rings (SSSR count). The van der Waals surface area contributed by atoms with Crippen molar-refractivity contribution >= 4 is 17.7 Å². The van der Waals surface area contributed by atoms with Gasteiger partial charge in [-0.2, -0.15) is 0 Å². The summed E-state index contributed by atoms with van der Waals surface area (Å²) < 4.78 is 0. The number of carbonyl (C=O) groups is 1. The monoisotopic (exact) mass is 326 g/mol. The van der Waals surface area contributed by atoms with E-state index >= 15 is 0 Å². The highest BCUT2D eigenvalue weighted by Gasteiger charge is 2.27. The first-order valence-corrected chi connectivity index (χ1v) is 9.18. The summed E-state index contributed by atoms with van der Waals surface area (Å²) in [7, 11) is 0. The number of nitrogens with zero attached hydrogens (tertiary/aromatic N) is 1. The zero-order valence-electron chi connectivity index (χ0n) is 13.2. The highest BCUT2D eigenvalue weighted by atomic mass is 32.2. The average Bonchev–Trinajstić information content (AvgIpc) is 2.62. The Morgan fingerprint density at radius 2 is 1.83 bits per heavy atom. The minimum absolute atomic E-state index is 0.125. The lowest BCUT2D eigenvalue weighted by molar-refractivity contribution is -0.119. The van der Waals surface area contributed by atoms with Crippen LogP contribution < -0.4 is 5.32 Å². The highest BCUT2D eigenvalue weighted by molar-refractivity contribution is 8.00. The van der Waals surface area contributed by atoms with Crippen LogP contribution in [0.15, 0.2) is 59.8 Å². The number of aromatic nitrogens is 1. The Balaban J connectivity index is 1.57. The molecule has 1 saturated carbocycles. The van der Waals surface area contributed by atoms with Crippen LogP contribution in [0.1, 0.15) is 37.2 Å². The van der Waals surface area contributed by atoms with Crippen molar-refractivity contribution in [2.24, 2.45) is 0 Å². The molecule has 1 fully saturated rings. The fraction of sp³-hybridized carbons (Fsp3) is 0.368. The molecule has 0 saturated heterocycles. The van der Waals surface area contributed by atoms with Gasteiger partial charge in [-0.1, -0.05) is 43.2 Å². The predicted molar refractivity (Wildman–Crippen MR) is 94.5 cm³/mol. The molecule has 0 unspecified atom stereocenters. The van der Waals surface area contributed by atoms with E-state index in [1.807, 2.05) is 18.2 Å². The van der Waals surface area contributed by atoms with Gasteiger partial charge < -0.3 is 5.32 Å². The van der Waals surface area contributed by atoms with Crippen LogP contribution in [-0.4, -0.2) is 22.7 Å². The fourth-order valence-electron chi connectivity index (χ4n) is 3.23. The molecule has 1 aromatic heterocycles. The standard InChI is InChI=1S/C19H22N2OS/c22-19(14-23-16-10-12-20-13-11-16)21-18-9-5-4-8-17(18)15-6-2-1-3-7-15/h1-3,6-7,10-13,17-18H,4-5,8-9,14H2,(H,21,22)/t17-,18+/m0/s1. The Morgan fingerprint density at radius 3 is 2.61 bits per heavy atom. The summed E-state index contributed by atoms with van der Waals surface area (Å²) in [6.45, 7) is 0. The Bertz CT molecular complexity index is 618. The summed E-state index contributed by atoms with van der Waals surface area (Å²) >= 11 is 1.56. The van der Waals surface area contributed by atoms with Crippen molar-refractivity contribution < 1.29 is 4.79 Å². The molecule has 2 atom stereocenters. The minimum atomic E-state index is 0.125. The summed E-state index contributed by atoms with van der Waals surface area (Å²) in [5.41, 5.74) is 1.35. The van der Waals surface area contributed by atoms with E-state index in [0.29, 0.717) is 11.7 Å². The van der Waals surface area contributed by atoms with Crippen molar-refractivity contribution in [2.45, 2.75) is 42.5 Å². The molecule has 1 amide bonds. The van der Waals surface area contributed by atoms with Gasteiger partial charge in [-0.25, -0.2) is 0 Å². The largest absolute Gasteiger partial charge is 0.352 e. The van der Waals surface area contributed by atoms with Gasteiger partial charge in [0.2, 0.25) is 5.91 Å². The molecule has 120 valence electrons. The van der Waals surface area contributed by atoms with Crippen molar-refractivity contribution in [3.05, 3.63) is 60.4 Å². The number of amides is 1. The molecule has 2 aromatic rings. The highest BCUT2D eigenvalue weighted by Crippen LogP contribution is 2.33. The van der Waals surface area contributed by atoms with Crippen LogP contribution >= 0.6 is 11.8 Å². The van der Waals surface area contributed by atoms with Gasteiger partial charge in [-0.3, -0.25) is 9.78 Å². The number of hydrogen-bond donors (Lipinski definition) is 1. The van der Waals surface area contributed by atoms with Crippen LogP contribution in [0, 0.1) is 0 Å². The number of nitrogens with one attached hydrogen (secondary N) is 1. The van der Waals surface area contributed by atoms with E-state index in [0.717, 1.165) is 17.7 Å². The molecule has 1 aromatic carbocycles. The summed E-state index contributed by atoms with van der Waals surface area (Å²) in [6.07, 6.45) is 8.20. The molecular formula is C19H22N2OS.